The van der Waals surface area contributed by atoms with Crippen LogP contribution in [0.25, 0.3) is 10.9 Å². The Morgan fingerprint density at radius 2 is 2.00 bits per heavy atom. The minimum Gasteiger partial charge on any atom is -0.467 e. The molecule has 0 saturated carbocycles. The largest absolute Gasteiger partial charge is 0.467 e. The summed E-state index contributed by atoms with van der Waals surface area (Å²) in [7, 11) is 1.32. The van der Waals surface area contributed by atoms with Crippen molar-refractivity contribution in [2.24, 2.45) is 5.41 Å². The Morgan fingerprint density at radius 1 is 1.32 bits per heavy atom. The van der Waals surface area contributed by atoms with Crippen LogP contribution in [0.3, 0.4) is 0 Å². The second kappa shape index (κ2) is 6.17. The van der Waals surface area contributed by atoms with Crippen molar-refractivity contribution in [1.29, 1.82) is 0 Å². The van der Waals surface area contributed by atoms with Crippen LogP contribution in [0, 0.1) is 5.41 Å². The van der Waals surface area contributed by atoms with Gasteiger partial charge in [-0.05, 0) is 11.5 Å². The fourth-order valence-corrected chi connectivity index (χ4v) is 2.27. The van der Waals surface area contributed by atoms with Gasteiger partial charge in [0.25, 0.3) is 0 Å². The van der Waals surface area contributed by atoms with Gasteiger partial charge in [-0.25, -0.2) is 4.79 Å². The number of aromatic nitrogens is 2. The lowest BCUT2D eigenvalue weighted by atomic mass is 9.86. The lowest BCUT2D eigenvalue weighted by Crippen LogP contribution is -2.50. The van der Waals surface area contributed by atoms with Crippen molar-refractivity contribution in [3.05, 3.63) is 30.0 Å². The first-order valence-corrected chi connectivity index (χ1v) is 7.12. The number of fused-ring (bicyclic) bond motifs is 1. The van der Waals surface area contributed by atoms with Gasteiger partial charge in [0.05, 0.1) is 24.7 Å². The molecule has 2 N–H and O–H groups in total. The molecule has 0 saturated heterocycles. The first-order chi connectivity index (χ1) is 10.3. The van der Waals surface area contributed by atoms with Crippen LogP contribution in [-0.4, -0.2) is 35.2 Å². The Bertz CT molecular complexity index is 685. The SMILES string of the molecule is COC(=O)C(NC(=O)Cc1[nH]nc2ccccc12)C(C)(C)C. The number of nitrogens with one attached hydrogen (secondary N) is 2. The van der Waals surface area contributed by atoms with Gasteiger partial charge in [0.1, 0.15) is 6.04 Å². The van der Waals surface area contributed by atoms with Crippen molar-refractivity contribution < 1.29 is 14.3 Å². The molecule has 1 amide bonds. The Morgan fingerprint density at radius 3 is 2.64 bits per heavy atom. The molecule has 0 aliphatic carbocycles. The second-order valence-electron chi connectivity index (χ2n) is 6.29. The van der Waals surface area contributed by atoms with Gasteiger partial charge in [-0.1, -0.05) is 39.0 Å². The van der Waals surface area contributed by atoms with Crippen LogP contribution in [0.1, 0.15) is 26.5 Å². The molecule has 6 nitrogen and oxygen atoms in total. The maximum atomic E-state index is 12.3. The van der Waals surface area contributed by atoms with E-state index < -0.39 is 17.4 Å². The van der Waals surface area contributed by atoms with Crippen LogP contribution in [0.5, 0.6) is 0 Å². The van der Waals surface area contributed by atoms with Crippen LogP contribution in [0.2, 0.25) is 0 Å². The van der Waals surface area contributed by atoms with E-state index in [1.165, 1.54) is 7.11 Å². The number of H-pyrrole nitrogens is 1. The van der Waals surface area contributed by atoms with E-state index in [9.17, 15) is 9.59 Å². The first-order valence-electron chi connectivity index (χ1n) is 7.12. The van der Waals surface area contributed by atoms with Gasteiger partial charge in [-0.15, -0.1) is 0 Å². The van der Waals surface area contributed by atoms with Crippen molar-refractivity contribution in [3.8, 4) is 0 Å². The standard InChI is InChI=1S/C16H21N3O3/c1-16(2,3)14(15(21)22-4)17-13(20)9-12-10-7-5-6-8-11(10)18-19-12/h5-8,14H,9H2,1-4H3,(H,17,20)(H,18,19). The molecule has 0 spiro atoms. The van der Waals surface area contributed by atoms with Crippen LogP contribution >= 0.6 is 0 Å². The topological polar surface area (TPSA) is 84.1 Å². The summed E-state index contributed by atoms with van der Waals surface area (Å²) in [5, 5.41) is 10.7. The third-order valence-electron chi connectivity index (χ3n) is 3.49. The highest BCUT2D eigenvalue weighted by Crippen LogP contribution is 2.21. The monoisotopic (exact) mass is 303 g/mol. The summed E-state index contributed by atoms with van der Waals surface area (Å²) < 4.78 is 4.77. The van der Waals surface area contributed by atoms with Gasteiger partial charge in [0, 0.05) is 5.39 Å². The third-order valence-corrected chi connectivity index (χ3v) is 3.49. The highest BCUT2D eigenvalue weighted by Gasteiger charge is 2.33. The van der Waals surface area contributed by atoms with E-state index in [2.05, 4.69) is 15.5 Å². The third kappa shape index (κ3) is 3.44. The molecule has 1 heterocycles. The Labute approximate surface area is 129 Å². The van der Waals surface area contributed by atoms with Gasteiger partial charge < -0.3 is 10.1 Å². The van der Waals surface area contributed by atoms with E-state index in [0.29, 0.717) is 0 Å². The highest BCUT2D eigenvalue weighted by atomic mass is 16.5. The summed E-state index contributed by atoms with van der Waals surface area (Å²) in [5.41, 5.74) is 1.11. The molecule has 22 heavy (non-hydrogen) atoms. The van der Waals surface area contributed by atoms with Crippen LogP contribution in [0.4, 0.5) is 0 Å². The van der Waals surface area contributed by atoms with Crippen LogP contribution in [0.15, 0.2) is 24.3 Å². The number of hydrogen-bond donors (Lipinski definition) is 2. The number of methoxy groups -OCH3 is 1. The predicted molar refractivity (Wildman–Crippen MR) is 83.2 cm³/mol. The minimum atomic E-state index is -0.695. The van der Waals surface area contributed by atoms with Gasteiger partial charge in [0.2, 0.25) is 5.91 Å². The number of esters is 1. The number of carbonyl (C=O) groups is 2. The van der Waals surface area contributed by atoms with E-state index in [1.54, 1.807) is 0 Å². The molecular weight excluding hydrogens is 282 g/mol. The Hall–Kier alpha value is -2.37. The number of para-hydroxylation sites is 1. The number of rotatable bonds is 4. The second-order valence-corrected chi connectivity index (χ2v) is 6.29. The summed E-state index contributed by atoms with van der Waals surface area (Å²) in [5.74, 6) is -0.699. The molecule has 0 bridgehead atoms. The summed E-state index contributed by atoms with van der Waals surface area (Å²) in [6.07, 6.45) is 0.129. The van der Waals surface area contributed by atoms with Crippen LogP contribution < -0.4 is 5.32 Å². The van der Waals surface area contributed by atoms with E-state index in [1.807, 2.05) is 45.0 Å². The van der Waals surface area contributed by atoms with Crippen molar-refractivity contribution in [2.75, 3.05) is 7.11 Å². The number of amides is 1. The molecule has 0 aliphatic heterocycles. The molecule has 1 unspecified atom stereocenters. The molecule has 6 heteroatoms. The molecule has 2 aromatic rings. The number of aromatic amines is 1. The fourth-order valence-electron chi connectivity index (χ4n) is 2.27. The summed E-state index contributed by atoms with van der Waals surface area (Å²) in [6, 6.07) is 6.87. The van der Waals surface area contributed by atoms with Crippen molar-refractivity contribution in [1.82, 2.24) is 15.5 Å². The molecule has 1 atom stereocenters. The molecule has 1 aromatic carbocycles. The van der Waals surface area contributed by atoms with Crippen LogP contribution in [-0.2, 0) is 20.7 Å². The van der Waals surface area contributed by atoms with Gasteiger partial charge in [0.15, 0.2) is 0 Å². The summed E-state index contributed by atoms with van der Waals surface area (Å²) in [6.45, 7) is 5.63. The lowest BCUT2D eigenvalue weighted by Gasteiger charge is -2.28. The minimum absolute atomic E-state index is 0.129. The molecular formula is C16H21N3O3. The normalized spacial score (nSPS) is 12.9. The molecule has 1 aromatic heterocycles. The first kappa shape index (κ1) is 16.0. The zero-order chi connectivity index (χ0) is 16.3. The number of ether oxygens (including phenoxy) is 1. The van der Waals surface area contributed by atoms with E-state index in [-0.39, 0.29) is 12.3 Å². The quantitative estimate of drug-likeness (QED) is 0.844. The van der Waals surface area contributed by atoms with Crippen molar-refractivity contribution in [2.45, 2.75) is 33.2 Å². The maximum Gasteiger partial charge on any atom is 0.328 e. The molecule has 0 aliphatic rings. The zero-order valence-corrected chi connectivity index (χ0v) is 13.3. The fraction of sp³-hybridized carbons (Fsp3) is 0.438. The van der Waals surface area contributed by atoms with Crippen molar-refractivity contribution in [3.63, 3.8) is 0 Å². The zero-order valence-electron chi connectivity index (χ0n) is 13.3. The van der Waals surface area contributed by atoms with Gasteiger partial charge in [-0.3, -0.25) is 9.89 Å². The molecule has 0 radical (unpaired) electrons. The Kier molecular flexibility index (Phi) is 4.49. The van der Waals surface area contributed by atoms with E-state index in [0.717, 1.165) is 16.6 Å². The lowest BCUT2D eigenvalue weighted by molar-refractivity contribution is -0.148. The average Bonchev–Trinajstić information content (AvgIpc) is 2.86. The van der Waals surface area contributed by atoms with Gasteiger partial charge >= 0.3 is 5.97 Å². The van der Waals surface area contributed by atoms with E-state index >= 15 is 0 Å². The molecule has 0 fully saturated rings. The maximum absolute atomic E-state index is 12.3. The predicted octanol–water partition coefficient (Wildman–Crippen LogP) is 1.81. The molecule has 118 valence electrons. The van der Waals surface area contributed by atoms with Crippen molar-refractivity contribution >= 4 is 22.8 Å². The van der Waals surface area contributed by atoms with Gasteiger partial charge in [-0.2, -0.15) is 5.10 Å². The molecule has 2 rings (SSSR count). The highest BCUT2D eigenvalue weighted by molar-refractivity contribution is 5.89. The number of nitrogens with zero attached hydrogens (tertiary/aromatic N) is 1. The number of hydrogen-bond acceptors (Lipinski definition) is 4. The number of carbonyl (C=O) groups excluding carboxylic acids is 2. The summed E-state index contributed by atoms with van der Waals surface area (Å²) in [4.78, 5) is 24.1. The average molecular weight is 303 g/mol. The summed E-state index contributed by atoms with van der Waals surface area (Å²) >= 11 is 0. The smallest absolute Gasteiger partial charge is 0.328 e. The van der Waals surface area contributed by atoms with E-state index in [4.69, 9.17) is 4.74 Å². The Balaban J connectivity index is 2.13. The number of benzene rings is 1.